The van der Waals surface area contributed by atoms with Crippen LogP contribution >= 0.6 is 0 Å². The number of carbonyl (C=O) groups is 2. The van der Waals surface area contributed by atoms with Gasteiger partial charge in [-0.05, 0) is 82.8 Å². The average molecular weight is 514 g/mol. The maximum Gasteiger partial charge on any atom is 0.282 e. The molecule has 1 aliphatic rings. The van der Waals surface area contributed by atoms with Crippen LogP contribution in [0.15, 0.2) is 80.8 Å². The van der Waals surface area contributed by atoms with Gasteiger partial charge >= 0.3 is 0 Å². The fraction of sp³-hybridized carbons (Fsp3) is 0. The van der Waals surface area contributed by atoms with Gasteiger partial charge in [0.25, 0.3) is 17.4 Å². The third kappa shape index (κ3) is 4.76. The number of aromatic amines is 1. The molecule has 0 bridgehead atoms. The maximum atomic E-state index is 12.6. The fourth-order valence-electron chi connectivity index (χ4n) is 3.19. The van der Waals surface area contributed by atoms with E-state index in [1.54, 1.807) is 0 Å². The van der Waals surface area contributed by atoms with Gasteiger partial charge in [-0.25, -0.2) is 9.69 Å². The SMILES string of the molecule is O=C1NN(c2ccc(S(=O)[O-])cc2)C(=O)C1=CC=Cc1c(O)n(-c2ccc(S(=O)[O-])cc2)[nH]c1=O. The highest BCUT2D eigenvalue weighted by molar-refractivity contribution is 7.79. The summed E-state index contributed by atoms with van der Waals surface area (Å²) in [6, 6.07) is 10.6. The molecule has 4 rings (SSSR count). The molecule has 0 aliphatic carbocycles. The largest absolute Gasteiger partial charge is 0.768 e. The Labute approximate surface area is 201 Å². The van der Waals surface area contributed by atoms with Gasteiger partial charge in [0.05, 0.1) is 11.4 Å². The number of aromatic nitrogens is 2. The van der Waals surface area contributed by atoms with E-state index in [0.29, 0.717) is 5.69 Å². The molecule has 2 unspecified atom stereocenters. The summed E-state index contributed by atoms with van der Waals surface area (Å²) in [5.74, 6) is -1.90. The second-order valence-corrected chi connectivity index (χ2v) is 8.87. The first kappa shape index (κ1) is 24.0. The number of hydrogen-bond donors (Lipinski definition) is 3. The number of nitrogens with zero attached hydrogens (tertiary/aromatic N) is 2. The number of hydrogen-bond acceptors (Lipinski definition) is 8. The lowest BCUT2D eigenvalue weighted by molar-refractivity contribution is -0.117. The van der Waals surface area contributed by atoms with Crippen molar-refractivity contribution in [3.8, 4) is 11.6 Å². The number of aromatic hydroxyl groups is 1. The molecule has 35 heavy (non-hydrogen) atoms. The van der Waals surface area contributed by atoms with Gasteiger partial charge in [0.1, 0.15) is 11.1 Å². The van der Waals surface area contributed by atoms with Crippen molar-refractivity contribution < 1.29 is 32.2 Å². The quantitative estimate of drug-likeness (QED) is 0.239. The summed E-state index contributed by atoms with van der Waals surface area (Å²) in [6.07, 6.45) is 3.59. The number of carbonyl (C=O) groups excluding carboxylic acids is 2. The van der Waals surface area contributed by atoms with Crippen LogP contribution in [0.5, 0.6) is 5.88 Å². The van der Waals surface area contributed by atoms with Crippen LogP contribution in [0, 0.1) is 0 Å². The molecule has 1 aromatic heterocycles. The molecule has 0 radical (unpaired) electrons. The number of benzene rings is 2. The molecule has 2 aromatic carbocycles. The maximum absolute atomic E-state index is 12.6. The zero-order chi connectivity index (χ0) is 25.3. The Morgan fingerprint density at radius 1 is 0.857 bits per heavy atom. The lowest BCUT2D eigenvalue weighted by atomic mass is 10.2. The first-order chi connectivity index (χ1) is 16.7. The molecular weight excluding hydrogens is 500 g/mol. The zero-order valence-electron chi connectivity index (χ0n) is 17.4. The van der Waals surface area contributed by atoms with E-state index in [1.165, 1.54) is 60.7 Å². The Kier molecular flexibility index (Phi) is 6.61. The minimum Gasteiger partial charge on any atom is -0.768 e. The molecule has 2 atom stereocenters. The van der Waals surface area contributed by atoms with Crippen LogP contribution in [0.1, 0.15) is 5.56 Å². The van der Waals surface area contributed by atoms with E-state index < -0.39 is 45.4 Å². The molecule has 3 aromatic rings. The monoisotopic (exact) mass is 514 g/mol. The average Bonchev–Trinajstić information content (AvgIpc) is 3.28. The second-order valence-electron chi connectivity index (χ2n) is 6.99. The minimum atomic E-state index is -2.44. The summed E-state index contributed by atoms with van der Waals surface area (Å²) >= 11 is -4.87. The fourth-order valence-corrected chi connectivity index (χ4v) is 3.90. The molecule has 1 aliphatic heterocycles. The molecule has 12 nitrogen and oxygen atoms in total. The van der Waals surface area contributed by atoms with Crippen LogP contribution in [0.4, 0.5) is 5.69 Å². The molecule has 180 valence electrons. The van der Waals surface area contributed by atoms with E-state index in [2.05, 4.69) is 10.5 Å². The molecule has 0 saturated carbocycles. The lowest BCUT2D eigenvalue weighted by Gasteiger charge is -2.15. The van der Waals surface area contributed by atoms with Gasteiger partial charge in [-0.2, -0.15) is 0 Å². The summed E-state index contributed by atoms with van der Waals surface area (Å²) in [5, 5.41) is 13.8. The Balaban J connectivity index is 1.56. The van der Waals surface area contributed by atoms with Crippen molar-refractivity contribution >= 4 is 45.7 Å². The topological polar surface area (TPSA) is 188 Å². The molecule has 14 heteroatoms. The second kappa shape index (κ2) is 9.63. The Hall–Kier alpha value is -4.11. The summed E-state index contributed by atoms with van der Waals surface area (Å²) in [7, 11) is 0. The summed E-state index contributed by atoms with van der Waals surface area (Å²) in [6.45, 7) is 0. The predicted octanol–water partition coefficient (Wildman–Crippen LogP) is 0.365. The molecule has 2 amide bonds. The Bertz CT molecular complexity index is 1490. The number of hydrazine groups is 1. The molecule has 2 heterocycles. The van der Waals surface area contributed by atoms with E-state index in [9.17, 15) is 37.0 Å². The van der Waals surface area contributed by atoms with Gasteiger partial charge in [-0.3, -0.25) is 33.3 Å². The third-order valence-electron chi connectivity index (χ3n) is 4.90. The highest BCUT2D eigenvalue weighted by atomic mass is 32.2. The van der Waals surface area contributed by atoms with Gasteiger partial charge in [0.2, 0.25) is 5.88 Å². The van der Waals surface area contributed by atoms with Gasteiger partial charge in [0, 0.05) is 9.79 Å². The van der Waals surface area contributed by atoms with Crippen molar-refractivity contribution in [2.45, 2.75) is 9.79 Å². The lowest BCUT2D eigenvalue weighted by Crippen LogP contribution is -2.35. The van der Waals surface area contributed by atoms with E-state index in [1.807, 2.05) is 0 Å². The van der Waals surface area contributed by atoms with Crippen LogP contribution in [0.2, 0.25) is 0 Å². The van der Waals surface area contributed by atoms with Crippen LogP contribution in [0.3, 0.4) is 0 Å². The number of allylic oxidation sites excluding steroid dienone is 2. The molecule has 0 spiro atoms. The van der Waals surface area contributed by atoms with Crippen molar-refractivity contribution in [2.24, 2.45) is 0 Å². The number of amides is 2. The highest BCUT2D eigenvalue weighted by Gasteiger charge is 2.34. The highest BCUT2D eigenvalue weighted by Crippen LogP contribution is 2.23. The van der Waals surface area contributed by atoms with Gasteiger partial charge in [-0.1, -0.05) is 6.08 Å². The summed E-state index contributed by atoms with van der Waals surface area (Å²) in [5.41, 5.74) is 1.79. The van der Waals surface area contributed by atoms with Crippen LogP contribution < -0.4 is 16.0 Å². The van der Waals surface area contributed by atoms with Crippen molar-refractivity contribution in [3.63, 3.8) is 0 Å². The number of H-pyrrole nitrogens is 1. The molecular formula is C21H14N4O8S2-2. The van der Waals surface area contributed by atoms with E-state index in [4.69, 9.17) is 0 Å². The van der Waals surface area contributed by atoms with E-state index in [0.717, 1.165) is 15.8 Å². The zero-order valence-corrected chi connectivity index (χ0v) is 19.0. The van der Waals surface area contributed by atoms with Crippen molar-refractivity contribution in [1.29, 1.82) is 0 Å². The predicted molar refractivity (Wildman–Crippen MR) is 122 cm³/mol. The third-order valence-corrected chi connectivity index (χ3v) is 6.22. The Morgan fingerprint density at radius 3 is 1.94 bits per heavy atom. The normalized spacial score (nSPS) is 16.7. The summed E-state index contributed by atoms with van der Waals surface area (Å²) < 4.78 is 44.9. The van der Waals surface area contributed by atoms with Crippen molar-refractivity contribution in [3.05, 3.63) is 82.2 Å². The van der Waals surface area contributed by atoms with E-state index in [-0.39, 0.29) is 26.6 Å². The number of nitrogens with one attached hydrogen (secondary N) is 2. The minimum absolute atomic E-state index is 0.0127. The van der Waals surface area contributed by atoms with Gasteiger partial charge < -0.3 is 14.2 Å². The van der Waals surface area contributed by atoms with Crippen LogP contribution in [-0.4, -0.2) is 44.2 Å². The van der Waals surface area contributed by atoms with Crippen molar-refractivity contribution in [2.75, 3.05) is 5.01 Å². The van der Waals surface area contributed by atoms with Crippen LogP contribution in [0.25, 0.3) is 11.8 Å². The van der Waals surface area contributed by atoms with Crippen LogP contribution in [-0.2, 0) is 31.7 Å². The standard InChI is InChI=1S/C21H16N4O8S2/c26-18-16(20(28)24(22-18)12-4-8-14(9-5-12)34(30)31)2-1-3-17-19(27)23-25(21(17)29)13-6-10-15(11-7-13)35(32)33/h1-11,28H,(H,22,26)(H,23,27)(H,30,31)(H,32,33)/p-2. The van der Waals surface area contributed by atoms with Gasteiger partial charge in [-0.15, -0.1) is 0 Å². The number of anilines is 1. The first-order valence-electron chi connectivity index (χ1n) is 9.64. The molecule has 1 saturated heterocycles. The first-order valence-corrected chi connectivity index (χ1v) is 11.8. The molecule has 1 fully saturated rings. The van der Waals surface area contributed by atoms with Crippen molar-refractivity contribution in [1.82, 2.24) is 15.2 Å². The smallest absolute Gasteiger partial charge is 0.282 e. The van der Waals surface area contributed by atoms with Gasteiger partial charge in [0.15, 0.2) is 0 Å². The summed E-state index contributed by atoms with van der Waals surface area (Å²) in [4.78, 5) is 37.2. The molecule has 3 N–H and O–H groups in total. The van der Waals surface area contributed by atoms with E-state index >= 15 is 0 Å². The number of rotatable bonds is 6. The Morgan fingerprint density at radius 2 is 1.40 bits per heavy atom.